The van der Waals surface area contributed by atoms with E-state index in [2.05, 4.69) is 10.6 Å². The standard InChI is InChI=1S/C16H23N3O4/c1-3-16(2,8-9-20)18-15(21)11-4-7-13(17-12-5-6-12)14(10-11)19(22)23/h4,7,10,12,17,20H,3,5-6,8-9H2,1-2H3,(H,18,21). The molecule has 7 heteroatoms. The van der Waals surface area contributed by atoms with Crippen LogP contribution in [0.1, 0.15) is 49.9 Å². The number of amides is 1. The molecule has 126 valence electrons. The lowest BCUT2D eigenvalue weighted by atomic mass is 9.94. The van der Waals surface area contributed by atoms with Gasteiger partial charge in [-0.05, 0) is 44.7 Å². The highest BCUT2D eigenvalue weighted by atomic mass is 16.6. The van der Waals surface area contributed by atoms with E-state index in [4.69, 9.17) is 5.11 Å². The van der Waals surface area contributed by atoms with Crippen molar-refractivity contribution < 1.29 is 14.8 Å². The van der Waals surface area contributed by atoms with E-state index >= 15 is 0 Å². The molecule has 23 heavy (non-hydrogen) atoms. The Hall–Kier alpha value is -2.15. The van der Waals surface area contributed by atoms with Crippen molar-refractivity contribution in [3.05, 3.63) is 33.9 Å². The summed E-state index contributed by atoms with van der Waals surface area (Å²) >= 11 is 0. The van der Waals surface area contributed by atoms with Gasteiger partial charge in [0, 0.05) is 29.8 Å². The van der Waals surface area contributed by atoms with E-state index in [0.717, 1.165) is 12.8 Å². The number of anilines is 1. The zero-order valence-corrected chi connectivity index (χ0v) is 13.5. The molecule has 0 radical (unpaired) electrons. The molecule has 1 aliphatic carbocycles. The summed E-state index contributed by atoms with van der Waals surface area (Å²) in [6, 6.07) is 4.76. The minimum atomic E-state index is -0.536. The molecule has 0 aliphatic heterocycles. The van der Waals surface area contributed by atoms with Crippen LogP contribution in [0.4, 0.5) is 11.4 Å². The minimum Gasteiger partial charge on any atom is -0.396 e. The first kappa shape index (κ1) is 17.2. The van der Waals surface area contributed by atoms with Gasteiger partial charge in [0.1, 0.15) is 5.69 Å². The van der Waals surface area contributed by atoms with Crippen LogP contribution in [-0.4, -0.2) is 34.1 Å². The largest absolute Gasteiger partial charge is 0.396 e. The Morgan fingerprint density at radius 2 is 2.17 bits per heavy atom. The molecule has 1 aliphatic rings. The van der Waals surface area contributed by atoms with Crippen molar-refractivity contribution in [1.29, 1.82) is 0 Å². The lowest BCUT2D eigenvalue weighted by Crippen LogP contribution is -2.46. The highest BCUT2D eigenvalue weighted by Crippen LogP contribution is 2.31. The highest BCUT2D eigenvalue weighted by molar-refractivity contribution is 5.96. The first-order valence-corrected chi connectivity index (χ1v) is 7.87. The number of hydrogen-bond donors (Lipinski definition) is 3. The quantitative estimate of drug-likeness (QED) is 0.504. The van der Waals surface area contributed by atoms with Gasteiger partial charge in [0.2, 0.25) is 0 Å². The summed E-state index contributed by atoms with van der Waals surface area (Å²) in [5.41, 5.74) is 0.0641. The van der Waals surface area contributed by atoms with Crippen molar-refractivity contribution >= 4 is 17.3 Å². The van der Waals surface area contributed by atoms with Crippen molar-refractivity contribution in [1.82, 2.24) is 5.32 Å². The summed E-state index contributed by atoms with van der Waals surface area (Å²) in [4.78, 5) is 23.1. The predicted molar refractivity (Wildman–Crippen MR) is 87.6 cm³/mol. The van der Waals surface area contributed by atoms with Crippen LogP contribution in [0.5, 0.6) is 0 Å². The lowest BCUT2D eigenvalue weighted by molar-refractivity contribution is -0.384. The fourth-order valence-electron chi connectivity index (χ4n) is 2.31. The average molecular weight is 321 g/mol. The topological polar surface area (TPSA) is 104 Å². The van der Waals surface area contributed by atoms with E-state index in [9.17, 15) is 14.9 Å². The summed E-state index contributed by atoms with van der Waals surface area (Å²) in [7, 11) is 0. The van der Waals surface area contributed by atoms with Gasteiger partial charge in [-0.2, -0.15) is 0 Å². The number of aliphatic hydroxyl groups excluding tert-OH is 1. The second-order valence-electron chi connectivity index (χ2n) is 6.25. The maximum atomic E-state index is 12.4. The Bertz CT molecular complexity index is 601. The second-order valence-corrected chi connectivity index (χ2v) is 6.25. The molecule has 7 nitrogen and oxygen atoms in total. The van der Waals surface area contributed by atoms with Crippen LogP contribution in [0.25, 0.3) is 0 Å². The van der Waals surface area contributed by atoms with Crippen LogP contribution in [0.3, 0.4) is 0 Å². The SMILES string of the molecule is CCC(C)(CCO)NC(=O)c1ccc(NC2CC2)c([N+](=O)[O-])c1. The van der Waals surface area contributed by atoms with Crippen LogP contribution in [-0.2, 0) is 0 Å². The van der Waals surface area contributed by atoms with Crippen molar-refractivity contribution in [2.24, 2.45) is 0 Å². The molecular weight excluding hydrogens is 298 g/mol. The summed E-state index contributed by atoms with van der Waals surface area (Å²) < 4.78 is 0. The summed E-state index contributed by atoms with van der Waals surface area (Å²) in [6.07, 6.45) is 3.10. The molecule has 1 atom stereocenters. The third-order valence-electron chi connectivity index (χ3n) is 4.25. The van der Waals surface area contributed by atoms with Crippen molar-refractivity contribution in [3.63, 3.8) is 0 Å². The Labute approximate surface area is 135 Å². The number of hydrogen-bond acceptors (Lipinski definition) is 5. The van der Waals surface area contributed by atoms with Gasteiger partial charge >= 0.3 is 0 Å². The Morgan fingerprint density at radius 3 is 2.70 bits per heavy atom. The maximum absolute atomic E-state index is 12.4. The zero-order chi connectivity index (χ0) is 17.0. The van der Waals surface area contributed by atoms with Gasteiger partial charge in [-0.3, -0.25) is 14.9 Å². The highest BCUT2D eigenvalue weighted by Gasteiger charge is 2.27. The minimum absolute atomic E-state index is 0.0327. The number of benzene rings is 1. The number of rotatable bonds is 8. The molecule has 1 aromatic carbocycles. The third-order valence-corrected chi connectivity index (χ3v) is 4.25. The predicted octanol–water partition coefficient (Wildman–Crippen LogP) is 2.45. The molecular formula is C16H23N3O4. The van der Waals surface area contributed by atoms with Gasteiger partial charge in [0.15, 0.2) is 0 Å². The van der Waals surface area contributed by atoms with Gasteiger partial charge in [-0.15, -0.1) is 0 Å². The van der Waals surface area contributed by atoms with Crippen molar-refractivity contribution in [3.8, 4) is 0 Å². The zero-order valence-electron chi connectivity index (χ0n) is 13.5. The van der Waals surface area contributed by atoms with Crippen LogP contribution in [0.2, 0.25) is 0 Å². The maximum Gasteiger partial charge on any atom is 0.293 e. The summed E-state index contributed by atoms with van der Waals surface area (Å²) in [6.45, 7) is 3.73. The van der Waals surface area contributed by atoms with Crippen molar-refractivity contribution in [2.75, 3.05) is 11.9 Å². The van der Waals surface area contributed by atoms with E-state index < -0.39 is 10.5 Å². The number of carbonyl (C=O) groups is 1. The monoisotopic (exact) mass is 321 g/mol. The van der Waals surface area contributed by atoms with Crippen molar-refractivity contribution in [2.45, 2.75) is 51.1 Å². The van der Waals surface area contributed by atoms with E-state index in [1.54, 1.807) is 12.1 Å². The van der Waals surface area contributed by atoms with Gasteiger partial charge < -0.3 is 15.7 Å². The summed E-state index contributed by atoms with van der Waals surface area (Å²) in [5, 5.41) is 26.3. The van der Waals surface area contributed by atoms with Crippen LogP contribution in [0.15, 0.2) is 18.2 Å². The van der Waals surface area contributed by atoms with E-state index in [1.807, 2.05) is 13.8 Å². The molecule has 0 spiro atoms. The van der Waals surface area contributed by atoms with Crippen LogP contribution >= 0.6 is 0 Å². The van der Waals surface area contributed by atoms with Crippen LogP contribution in [0, 0.1) is 10.1 Å². The molecule has 0 aromatic heterocycles. The van der Waals surface area contributed by atoms with Gasteiger partial charge in [-0.25, -0.2) is 0 Å². The fraction of sp³-hybridized carbons (Fsp3) is 0.562. The normalized spacial score (nSPS) is 16.5. The molecule has 0 bridgehead atoms. The molecule has 0 saturated heterocycles. The number of nitrogens with zero attached hydrogens (tertiary/aromatic N) is 1. The van der Waals surface area contributed by atoms with Crippen LogP contribution < -0.4 is 10.6 Å². The van der Waals surface area contributed by atoms with E-state index in [0.29, 0.717) is 24.6 Å². The van der Waals surface area contributed by atoms with E-state index in [-0.39, 0.29) is 23.8 Å². The third kappa shape index (κ3) is 4.41. The first-order chi connectivity index (χ1) is 10.9. The Morgan fingerprint density at radius 1 is 1.48 bits per heavy atom. The average Bonchev–Trinajstić information content (AvgIpc) is 3.31. The molecule has 1 saturated carbocycles. The first-order valence-electron chi connectivity index (χ1n) is 7.87. The van der Waals surface area contributed by atoms with Gasteiger partial charge in [0.05, 0.1) is 4.92 Å². The molecule has 1 unspecified atom stereocenters. The van der Waals surface area contributed by atoms with Gasteiger partial charge in [0.25, 0.3) is 11.6 Å². The number of nitro groups is 1. The Kier molecular flexibility index (Phi) is 5.20. The molecule has 1 amide bonds. The Balaban J connectivity index is 2.19. The van der Waals surface area contributed by atoms with E-state index in [1.165, 1.54) is 6.07 Å². The van der Waals surface area contributed by atoms with Gasteiger partial charge in [-0.1, -0.05) is 6.92 Å². The molecule has 1 aromatic rings. The number of aliphatic hydroxyl groups is 1. The smallest absolute Gasteiger partial charge is 0.293 e. The number of nitrogens with one attached hydrogen (secondary N) is 2. The number of carbonyl (C=O) groups excluding carboxylic acids is 1. The number of nitro benzene ring substituents is 1. The fourth-order valence-corrected chi connectivity index (χ4v) is 2.31. The molecule has 3 N–H and O–H groups in total. The molecule has 2 rings (SSSR count). The second kappa shape index (κ2) is 6.95. The molecule has 0 heterocycles. The molecule has 1 fully saturated rings. The lowest BCUT2D eigenvalue weighted by Gasteiger charge is -2.29. The summed E-state index contributed by atoms with van der Waals surface area (Å²) in [5.74, 6) is -0.371.